The number of hydrogen-bond acceptors (Lipinski definition) is 5. The molecule has 0 fully saturated rings. The van der Waals surface area contributed by atoms with E-state index in [-0.39, 0.29) is 0 Å². The van der Waals surface area contributed by atoms with Crippen LogP contribution in [0.25, 0.3) is 10.8 Å². The summed E-state index contributed by atoms with van der Waals surface area (Å²) in [5.41, 5.74) is 0.624. The van der Waals surface area contributed by atoms with Crippen LogP contribution in [0.3, 0.4) is 0 Å². The SMILES string of the molecule is CCc1ccc(C(C(=O)Nc2ccc3ccccc3c2)N(C(=O)C(CO)NC(=O)OC(C)(C)C)C(C)(C)C)cc1. The predicted octanol–water partition coefficient (Wildman–Crippen LogP) is 5.59. The molecular formula is C32H41N3O5. The lowest BCUT2D eigenvalue weighted by Gasteiger charge is -2.42. The van der Waals surface area contributed by atoms with Gasteiger partial charge in [0.1, 0.15) is 17.7 Å². The quantitative estimate of drug-likeness (QED) is 0.341. The van der Waals surface area contributed by atoms with Crippen LogP contribution in [0.2, 0.25) is 0 Å². The van der Waals surface area contributed by atoms with E-state index >= 15 is 0 Å². The first-order valence-electron chi connectivity index (χ1n) is 13.6. The van der Waals surface area contributed by atoms with Crippen LogP contribution in [0.5, 0.6) is 0 Å². The molecule has 0 bridgehead atoms. The number of benzene rings is 3. The van der Waals surface area contributed by atoms with Gasteiger partial charge in [-0.1, -0.05) is 61.5 Å². The molecule has 3 rings (SSSR count). The van der Waals surface area contributed by atoms with Crippen molar-refractivity contribution in [1.29, 1.82) is 0 Å². The summed E-state index contributed by atoms with van der Waals surface area (Å²) in [6.07, 6.45) is -0.0130. The van der Waals surface area contributed by atoms with Gasteiger partial charge >= 0.3 is 6.09 Å². The maximum Gasteiger partial charge on any atom is 0.408 e. The van der Waals surface area contributed by atoms with E-state index in [0.717, 1.165) is 22.8 Å². The molecule has 0 aromatic heterocycles. The number of rotatable bonds is 8. The molecule has 0 radical (unpaired) electrons. The van der Waals surface area contributed by atoms with E-state index in [1.54, 1.807) is 20.8 Å². The van der Waals surface area contributed by atoms with E-state index in [1.165, 1.54) is 4.90 Å². The molecule has 2 atom stereocenters. The number of nitrogens with one attached hydrogen (secondary N) is 2. The van der Waals surface area contributed by atoms with Gasteiger partial charge in [0.2, 0.25) is 5.91 Å². The summed E-state index contributed by atoms with van der Waals surface area (Å²) < 4.78 is 5.31. The highest BCUT2D eigenvalue weighted by molar-refractivity contribution is 6.00. The molecule has 0 aliphatic heterocycles. The van der Waals surface area contributed by atoms with Crippen molar-refractivity contribution in [2.24, 2.45) is 0 Å². The fourth-order valence-corrected chi connectivity index (χ4v) is 4.48. The number of carbonyl (C=O) groups excluding carboxylic acids is 3. The molecule has 0 spiro atoms. The Morgan fingerprint density at radius 2 is 1.52 bits per heavy atom. The number of carbonyl (C=O) groups is 3. The van der Waals surface area contributed by atoms with E-state index in [2.05, 4.69) is 10.6 Å². The fraction of sp³-hybridized carbons (Fsp3) is 0.406. The Morgan fingerprint density at radius 1 is 0.900 bits per heavy atom. The Kier molecular flexibility index (Phi) is 9.58. The average Bonchev–Trinajstić information content (AvgIpc) is 2.88. The summed E-state index contributed by atoms with van der Waals surface area (Å²) >= 11 is 0. The highest BCUT2D eigenvalue weighted by Crippen LogP contribution is 2.32. The van der Waals surface area contributed by atoms with Crippen LogP contribution in [-0.4, -0.2) is 51.7 Å². The van der Waals surface area contributed by atoms with Gasteiger partial charge in [-0.2, -0.15) is 0 Å². The van der Waals surface area contributed by atoms with Crippen molar-refractivity contribution in [3.63, 3.8) is 0 Å². The molecule has 3 amide bonds. The molecule has 3 N–H and O–H groups in total. The second kappa shape index (κ2) is 12.5. The number of amides is 3. The third-order valence-electron chi connectivity index (χ3n) is 6.36. The lowest BCUT2D eigenvalue weighted by molar-refractivity contribution is -0.147. The number of fused-ring (bicyclic) bond motifs is 1. The van der Waals surface area contributed by atoms with Crippen LogP contribution in [-0.2, 0) is 20.7 Å². The van der Waals surface area contributed by atoms with Crippen LogP contribution >= 0.6 is 0 Å². The van der Waals surface area contributed by atoms with Gasteiger partial charge in [-0.25, -0.2) is 4.79 Å². The molecule has 2 unspecified atom stereocenters. The van der Waals surface area contributed by atoms with Gasteiger partial charge in [0.15, 0.2) is 0 Å². The highest BCUT2D eigenvalue weighted by Gasteiger charge is 2.41. The molecule has 0 aliphatic carbocycles. The van der Waals surface area contributed by atoms with E-state index < -0.39 is 47.7 Å². The van der Waals surface area contributed by atoms with E-state index in [1.807, 2.05) is 94.4 Å². The minimum atomic E-state index is -1.32. The minimum Gasteiger partial charge on any atom is -0.444 e. The van der Waals surface area contributed by atoms with Crippen molar-refractivity contribution in [2.45, 2.75) is 78.1 Å². The van der Waals surface area contributed by atoms with E-state index in [9.17, 15) is 19.5 Å². The van der Waals surface area contributed by atoms with Crippen LogP contribution in [0.1, 0.15) is 65.6 Å². The zero-order valence-corrected chi connectivity index (χ0v) is 24.4. The third-order valence-corrected chi connectivity index (χ3v) is 6.36. The van der Waals surface area contributed by atoms with Gasteiger partial charge in [0, 0.05) is 11.2 Å². The summed E-state index contributed by atoms with van der Waals surface area (Å²) in [4.78, 5) is 42.0. The first kappa shape index (κ1) is 30.6. The molecule has 0 heterocycles. The summed E-state index contributed by atoms with van der Waals surface area (Å²) in [5.74, 6) is -1.03. The summed E-state index contributed by atoms with van der Waals surface area (Å²) in [7, 11) is 0. The largest absolute Gasteiger partial charge is 0.444 e. The maximum absolute atomic E-state index is 14.0. The molecule has 214 valence electrons. The van der Waals surface area contributed by atoms with Crippen molar-refractivity contribution in [3.05, 3.63) is 77.9 Å². The average molecular weight is 548 g/mol. The van der Waals surface area contributed by atoms with Gasteiger partial charge in [-0.3, -0.25) is 9.59 Å². The molecule has 40 heavy (non-hydrogen) atoms. The Labute approximate surface area is 236 Å². The van der Waals surface area contributed by atoms with Crippen molar-refractivity contribution < 1.29 is 24.2 Å². The van der Waals surface area contributed by atoms with Crippen molar-refractivity contribution in [1.82, 2.24) is 10.2 Å². The number of anilines is 1. The van der Waals surface area contributed by atoms with Crippen LogP contribution in [0.15, 0.2) is 66.7 Å². The monoisotopic (exact) mass is 547 g/mol. The first-order chi connectivity index (χ1) is 18.7. The molecular weight excluding hydrogens is 506 g/mol. The van der Waals surface area contributed by atoms with Gasteiger partial charge in [-0.05, 0) is 82.0 Å². The van der Waals surface area contributed by atoms with Crippen LogP contribution < -0.4 is 10.6 Å². The predicted molar refractivity (Wildman–Crippen MR) is 158 cm³/mol. The summed E-state index contributed by atoms with van der Waals surface area (Å²) in [6, 6.07) is 18.6. The normalized spacial score (nSPS) is 13.3. The topological polar surface area (TPSA) is 108 Å². The molecule has 8 nitrogen and oxygen atoms in total. The molecule has 0 saturated carbocycles. The Morgan fingerprint density at radius 3 is 2.08 bits per heavy atom. The number of alkyl carbamates (subject to hydrolysis) is 1. The maximum atomic E-state index is 14.0. The molecule has 8 heteroatoms. The standard InChI is InChI=1S/C32H41N3O5/c1-8-21-13-15-23(16-14-21)27(28(37)33-25-18-17-22-11-9-10-12-24(22)19-25)35(31(2,3)4)29(38)26(20-36)34-30(39)40-32(5,6)7/h9-19,26-27,36H,8,20H2,1-7H3,(H,33,37)(H,34,39). The molecule has 0 saturated heterocycles. The van der Waals surface area contributed by atoms with E-state index in [0.29, 0.717) is 11.3 Å². The van der Waals surface area contributed by atoms with Crippen LogP contribution in [0, 0.1) is 0 Å². The zero-order valence-electron chi connectivity index (χ0n) is 24.4. The van der Waals surface area contributed by atoms with Crippen molar-refractivity contribution >= 4 is 34.4 Å². The first-order valence-corrected chi connectivity index (χ1v) is 13.6. The molecule has 3 aromatic carbocycles. The van der Waals surface area contributed by atoms with Crippen LogP contribution in [0.4, 0.5) is 10.5 Å². The minimum absolute atomic E-state index is 0.420. The molecule has 3 aromatic rings. The van der Waals surface area contributed by atoms with Gasteiger partial charge in [-0.15, -0.1) is 0 Å². The summed E-state index contributed by atoms with van der Waals surface area (Å²) in [6.45, 7) is 11.9. The summed E-state index contributed by atoms with van der Waals surface area (Å²) in [5, 5.41) is 17.6. The Balaban J connectivity index is 2.03. The van der Waals surface area contributed by atoms with Gasteiger partial charge < -0.3 is 25.4 Å². The number of aliphatic hydroxyl groups excluding tert-OH is 1. The number of aryl methyl sites for hydroxylation is 1. The fourth-order valence-electron chi connectivity index (χ4n) is 4.48. The number of hydrogen-bond donors (Lipinski definition) is 3. The lowest BCUT2D eigenvalue weighted by Crippen LogP contribution is -2.59. The Bertz CT molecular complexity index is 1340. The number of aliphatic hydroxyl groups is 1. The lowest BCUT2D eigenvalue weighted by atomic mass is 9.94. The second-order valence-corrected chi connectivity index (χ2v) is 11.8. The van der Waals surface area contributed by atoms with Gasteiger partial charge in [0.25, 0.3) is 5.91 Å². The Hall–Kier alpha value is -3.91. The van der Waals surface area contributed by atoms with Crippen molar-refractivity contribution in [2.75, 3.05) is 11.9 Å². The van der Waals surface area contributed by atoms with Crippen molar-refractivity contribution in [3.8, 4) is 0 Å². The number of ether oxygens (including phenoxy) is 1. The smallest absolute Gasteiger partial charge is 0.408 e. The number of nitrogens with zero attached hydrogens (tertiary/aromatic N) is 1. The van der Waals surface area contributed by atoms with E-state index in [4.69, 9.17) is 4.74 Å². The third kappa shape index (κ3) is 7.82. The zero-order chi connectivity index (χ0) is 29.7. The second-order valence-electron chi connectivity index (χ2n) is 11.8. The van der Waals surface area contributed by atoms with Gasteiger partial charge in [0.05, 0.1) is 6.61 Å². The highest BCUT2D eigenvalue weighted by atomic mass is 16.6. The molecule has 0 aliphatic rings.